The first-order chi connectivity index (χ1) is 11.7. The summed E-state index contributed by atoms with van der Waals surface area (Å²) < 4.78 is 18.7. The van der Waals surface area contributed by atoms with Gasteiger partial charge in [-0.3, -0.25) is 4.79 Å². The predicted octanol–water partition coefficient (Wildman–Crippen LogP) is 3.31. The Hall–Kier alpha value is -2.21. The van der Waals surface area contributed by atoms with Crippen LogP contribution in [0.2, 0.25) is 0 Å². The molecule has 1 aliphatic rings. The second-order valence-corrected chi connectivity index (χ2v) is 5.93. The topological polar surface area (TPSA) is 58.2 Å². The average Bonchev–Trinajstić information content (AvgIpc) is 3.09. The molecule has 0 bridgehead atoms. The third-order valence-electron chi connectivity index (χ3n) is 4.30. The zero-order valence-electron chi connectivity index (χ0n) is 13.8. The van der Waals surface area contributed by atoms with E-state index in [0.29, 0.717) is 13.2 Å². The number of nitrogens with one attached hydrogen (secondary N) is 1. The lowest BCUT2D eigenvalue weighted by Crippen LogP contribution is -2.41. The van der Waals surface area contributed by atoms with Gasteiger partial charge in [0.25, 0.3) is 0 Å². The number of aromatic amines is 1. The summed E-state index contributed by atoms with van der Waals surface area (Å²) >= 11 is 0. The molecule has 24 heavy (non-hydrogen) atoms. The van der Waals surface area contributed by atoms with Crippen LogP contribution in [0.5, 0.6) is 0 Å². The molecular formula is C18H22FN3O2. The molecule has 0 aliphatic carbocycles. The lowest BCUT2D eigenvalue weighted by atomic mass is 10.0. The highest BCUT2D eigenvalue weighted by Crippen LogP contribution is 2.30. The molecule has 1 aromatic carbocycles. The van der Waals surface area contributed by atoms with Crippen molar-refractivity contribution < 1.29 is 13.9 Å². The number of H-pyrrole nitrogens is 1. The van der Waals surface area contributed by atoms with Crippen molar-refractivity contribution in [3.05, 3.63) is 42.1 Å². The molecule has 2 aromatic rings. The lowest BCUT2D eigenvalue weighted by molar-refractivity contribution is -0.140. The van der Waals surface area contributed by atoms with E-state index in [1.54, 1.807) is 12.3 Å². The third kappa shape index (κ3) is 3.64. The Balaban J connectivity index is 1.80. The van der Waals surface area contributed by atoms with Gasteiger partial charge in [0.1, 0.15) is 18.2 Å². The molecule has 3 rings (SSSR count). The summed E-state index contributed by atoms with van der Waals surface area (Å²) in [7, 11) is 0. The van der Waals surface area contributed by atoms with Crippen molar-refractivity contribution in [3.8, 4) is 11.3 Å². The van der Waals surface area contributed by atoms with Gasteiger partial charge in [-0.2, -0.15) is 0 Å². The number of hydrogen-bond acceptors (Lipinski definition) is 3. The van der Waals surface area contributed by atoms with E-state index in [9.17, 15) is 9.18 Å². The van der Waals surface area contributed by atoms with E-state index in [2.05, 4.69) is 9.97 Å². The van der Waals surface area contributed by atoms with Gasteiger partial charge in [-0.1, -0.05) is 12.1 Å². The number of carbonyl (C=O) groups is 1. The summed E-state index contributed by atoms with van der Waals surface area (Å²) in [6, 6.07) is 6.31. The molecule has 0 saturated carbocycles. The molecule has 128 valence electrons. The molecule has 5 nitrogen and oxygen atoms in total. The SMILES string of the molecule is CCOCC(=O)N1CCCCC1c1ncc(-c2cccc(F)c2)[nH]1. The Labute approximate surface area is 140 Å². The second kappa shape index (κ2) is 7.57. The van der Waals surface area contributed by atoms with Gasteiger partial charge < -0.3 is 14.6 Å². The van der Waals surface area contributed by atoms with Gasteiger partial charge in [0.15, 0.2) is 0 Å². The second-order valence-electron chi connectivity index (χ2n) is 5.93. The van der Waals surface area contributed by atoms with Gasteiger partial charge in [-0.05, 0) is 38.3 Å². The summed E-state index contributed by atoms with van der Waals surface area (Å²) in [5.41, 5.74) is 1.50. The van der Waals surface area contributed by atoms with Crippen LogP contribution in [0.15, 0.2) is 30.5 Å². The molecule has 1 atom stereocenters. The quantitative estimate of drug-likeness (QED) is 0.914. The molecule has 0 radical (unpaired) electrons. The zero-order valence-corrected chi connectivity index (χ0v) is 13.8. The van der Waals surface area contributed by atoms with Crippen LogP contribution in [0.4, 0.5) is 4.39 Å². The fraction of sp³-hybridized carbons (Fsp3) is 0.444. The van der Waals surface area contributed by atoms with Crippen molar-refractivity contribution in [2.45, 2.75) is 32.2 Å². The van der Waals surface area contributed by atoms with E-state index >= 15 is 0 Å². The number of benzene rings is 1. The van der Waals surface area contributed by atoms with E-state index in [0.717, 1.165) is 36.3 Å². The van der Waals surface area contributed by atoms with E-state index < -0.39 is 0 Å². The maximum atomic E-state index is 13.4. The summed E-state index contributed by atoms with van der Waals surface area (Å²) in [5, 5.41) is 0. The Bertz CT molecular complexity index is 701. The number of carbonyl (C=O) groups excluding carboxylic acids is 1. The third-order valence-corrected chi connectivity index (χ3v) is 4.30. The first kappa shape index (κ1) is 16.6. The Morgan fingerprint density at radius 2 is 2.33 bits per heavy atom. The van der Waals surface area contributed by atoms with E-state index in [-0.39, 0.29) is 24.4 Å². The van der Waals surface area contributed by atoms with Gasteiger partial charge in [-0.25, -0.2) is 9.37 Å². The summed E-state index contributed by atoms with van der Waals surface area (Å²) in [4.78, 5) is 21.9. The fourth-order valence-electron chi connectivity index (χ4n) is 3.10. The first-order valence-corrected chi connectivity index (χ1v) is 8.37. The smallest absolute Gasteiger partial charge is 0.249 e. The number of piperidine rings is 1. The number of halogens is 1. The minimum atomic E-state index is -0.283. The standard InChI is InChI=1S/C18H22FN3O2/c1-2-24-12-17(23)22-9-4-3-8-16(22)18-20-11-15(21-18)13-6-5-7-14(19)10-13/h5-7,10-11,16H,2-4,8-9,12H2,1H3,(H,20,21). The molecule has 0 spiro atoms. The van der Waals surface area contributed by atoms with Gasteiger partial charge >= 0.3 is 0 Å². The Morgan fingerprint density at radius 1 is 1.46 bits per heavy atom. The molecule has 6 heteroatoms. The number of hydrogen-bond donors (Lipinski definition) is 1. The molecule has 1 fully saturated rings. The number of aromatic nitrogens is 2. The highest BCUT2D eigenvalue weighted by atomic mass is 19.1. The number of nitrogens with zero attached hydrogens (tertiary/aromatic N) is 2. The van der Waals surface area contributed by atoms with Crippen LogP contribution in [0.25, 0.3) is 11.3 Å². The molecule has 1 N–H and O–H groups in total. The predicted molar refractivity (Wildman–Crippen MR) is 88.8 cm³/mol. The van der Waals surface area contributed by atoms with Crippen molar-refractivity contribution in [2.75, 3.05) is 19.8 Å². The molecule has 1 aromatic heterocycles. The first-order valence-electron chi connectivity index (χ1n) is 8.37. The molecule has 1 unspecified atom stereocenters. The molecule has 1 saturated heterocycles. The van der Waals surface area contributed by atoms with Crippen molar-refractivity contribution in [2.24, 2.45) is 0 Å². The van der Waals surface area contributed by atoms with Crippen molar-refractivity contribution in [1.29, 1.82) is 0 Å². The summed E-state index contributed by atoms with van der Waals surface area (Å²) in [5.74, 6) is 0.457. The van der Waals surface area contributed by atoms with E-state index in [1.165, 1.54) is 12.1 Å². The molecule has 2 heterocycles. The average molecular weight is 331 g/mol. The van der Waals surface area contributed by atoms with Crippen LogP contribution in [-0.4, -0.2) is 40.5 Å². The normalized spacial score (nSPS) is 17.9. The number of imidazole rings is 1. The van der Waals surface area contributed by atoms with E-state index in [4.69, 9.17) is 4.74 Å². The number of likely N-dealkylation sites (tertiary alicyclic amines) is 1. The maximum absolute atomic E-state index is 13.4. The van der Waals surface area contributed by atoms with Gasteiger partial charge in [0, 0.05) is 18.7 Å². The number of amides is 1. The van der Waals surface area contributed by atoms with Gasteiger partial charge in [0.2, 0.25) is 5.91 Å². The van der Waals surface area contributed by atoms with E-state index in [1.807, 2.05) is 17.9 Å². The van der Waals surface area contributed by atoms with Gasteiger partial charge in [0.05, 0.1) is 17.9 Å². The summed E-state index contributed by atoms with van der Waals surface area (Å²) in [6.07, 6.45) is 4.61. The minimum Gasteiger partial charge on any atom is -0.372 e. The molecular weight excluding hydrogens is 309 g/mol. The minimum absolute atomic E-state index is 0.00902. The highest BCUT2D eigenvalue weighted by molar-refractivity contribution is 5.78. The fourth-order valence-corrected chi connectivity index (χ4v) is 3.10. The van der Waals surface area contributed by atoms with Gasteiger partial charge in [-0.15, -0.1) is 0 Å². The van der Waals surface area contributed by atoms with Crippen LogP contribution in [0.1, 0.15) is 38.1 Å². The van der Waals surface area contributed by atoms with Crippen molar-refractivity contribution >= 4 is 5.91 Å². The largest absolute Gasteiger partial charge is 0.372 e. The zero-order chi connectivity index (χ0) is 16.9. The van der Waals surface area contributed by atoms with Crippen LogP contribution in [-0.2, 0) is 9.53 Å². The molecule has 1 aliphatic heterocycles. The lowest BCUT2D eigenvalue weighted by Gasteiger charge is -2.34. The van der Waals surface area contributed by atoms with Crippen LogP contribution in [0, 0.1) is 5.82 Å². The monoisotopic (exact) mass is 331 g/mol. The van der Waals surface area contributed by atoms with Crippen LogP contribution >= 0.6 is 0 Å². The summed E-state index contributed by atoms with van der Waals surface area (Å²) in [6.45, 7) is 3.21. The van der Waals surface area contributed by atoms with Crippen LogP contribution in [0.3, 0.4) is 0 Å². The van der Waals surface area contributed by atoms with Crippen molar-refractivity contribution in [1.82, 2.24) is 14.9 Å². The highest BCUT2D eigenvalue weighted by Gasteiger charge is 2.29. The van der Waals surface area contributed by atoms with Crippen molar-refractivity contribution in [3.63, 3.8) is 0 Å². The number of rotatable bonds is 5. The van der Waals surface area contributed by atoms with Crippen LogP contribution < -0.4 is 0 Å². The maximum Gasteiger partial charge on any atom is 0.249 e. The molecule has 1 amide bonds. The Kier molecular flexibility index (Phi) is 5.25. The Morgan fingerprint density at radius 3 is 3.12 bits per heavy atom. The number of ether oxygens (including phenoxy) is 1.